The summed E-state index contributed by atoms with van der Waals surface area (Å²) in [6.07, 6.45) is -0.791. The molecule has 4 heteroatoms. The fourth-order valence-corrected chi connectivity index (χ4v) is 1.27. The first kappa shape index (κ1) is 15.0. The molecule has 0 radical (unpaired) electrons. The lowest BCUT2D eigenvalue weighted by molar-refractivity contribution is -0.0913. The molecule has 0 fully saturated rings. The zero-order valence-electron chi connectivity index (χ0n) is 9.56. The molecule has 92 valence electrons. The average Bonchev–Trinajstić information content (AvgIpc) is 2.21. The highest BCUT2D eigenvalue weighted by Crippen LogP contribution is 2.27. The van der Waals surface area contributed by atoms with Gasteiger partial charge in [-0.1, -0.05) is 19.1 Å². The van der Waals surface area contributed by atoms with Crippen LogP contribution in [0.25, 0.3) is 0 Å². The molecule has 0 amide bonds. The van der Waals surface area contributed by atoms with Gasteiger partial charge in [0, 0.05) is 5.57 Å². The summed E-state index contributed by atoms with van der Waals surface area (Å²) in [5.41, 5.74) is 0.456. The van der Waals surface area contributed by atoms with Gasteiger partial charge in [-0.15, -0.1) is 6.58 Å². The van der Waals surface area contributed by atoms with Crippen molar-refractivity contribution in [2.45, 2.75) is 32.9 Å². The van der Waals surface area contributed by atoms with E-state index in [1.54, 1.807) is 13.0 Å². The first-order chi connectivity index (χ1) is 7.36. The van der Waals surface area contributed by atoms with E-state index in [2.05, 4.69) is 6.58 Å². The summed E-state index contributed by atoms with van der Waals surface area (Å²) < 4.78 is 37.0. The van der Waals surface area contributed by atoms with Crippen LogP contribution in [-0.2, 0) is 0 Å². The Labute approximate surface area is 94.0 Å². The van der Waals surface area contributed by atoms with Gasteiger partial charge in [0.1, 0.15) is 0 Å². The van der Waals surface area contributed by atoms with E-state index in [0.29, 0.717) is 24.0 Å². The summed E-state index contributed by atoms with van der Waals surface area (Å²) >= 11 is 0. The molecule has 0 heterocycles. The Balaban J connectivity index is 5.20. The van der Waals surface area contributed by atoms with Crippen molar-refractivity contribution in [2.75, 3.05) is 6.61 Å². The van der Waals surface area contributed by atoms with Crippen molar-refractivity contribution in [1.82, 2.24) is 0 Å². The van der Waals surface area contributed by atoms with E-state index in [9.17, 15) is 13.2 Å². The molecule has 0 unspecified atom stereocenters. The molecule has 0 spiro atoms. The summed E-state index contributed by atoms with van der Waals surface area (Å²) in [5, 5.41) is 9.06. The second-order valence-corrected chi connectivity index (χ2v) is 3.46. The molecule has 0 rings (SSSR count). The molecule has 0 saturated heterocycles. The molecule has 1 nitrogen and oxygen atoms in total. The topological polar surface area (TPSA) is 20.2 Å². The van der Waals surface area contributed by atoms with Gasteiger partial charge in [0.15, 0.2) is 0 Å². The van der Waals surface area contributed by atoms with E-state index in [4.69, 9.17) is 5.11 Å². The number of hydrogen-bond donors (Lipinski definition) is 1. The van der Waals surface area contributed by atoms with E-state index in [-0.39, 0.29) is 6.61 Å². The lowest BCUT2D eigenvalue weighted by atomic mass is 10.0. The van der Waals surface area contributed by atoms with E-state index < -0.39 is 11.7 Å². The lowest BCUT2D eigenvalue weighted by Gasteiger charge is -2.11. The lowest BCUT2D eigenvalue weighted by Crippen LogP contribution is -2.09. The molecule has 0 aromatic heterocycles. The van der Waals surface area contributed by atoms with Crippen molar-refractivity contribution in [2.24, 2.45) is 0 Å². The van der Waals surface area contributed by atoms with Gasteiger partial charge >= 0.3 is 6.18 Å². The maximum absolute atomic E-state index is 12.3. The fraction of sp³-hybridized carbons (Fsp3) is 0.500. The van der Waals surface area contributed by atoms with Gasteiger partial charge in [-0.05, 0) is 30.9 Å². The Morgan fingerprint density at radius 1 is 1.38 bits per heavy atom. The minimum Gasteiger partial charge on any atom is -0.392 e. The van der Waals surface area contributed by atoms with Crippen LogP contribution in [0.4, 0.5) is 13.2 Å². The second-order valence-electron chi connectivity index (χ2n) is 3.46. The summed E-state index contributed by atoms with van der Waals surface area (Å²) in [6.45, 7) is 6.05. The fourth-order valence-electron chi connectivity index (χ4n) is 1.27. The second kappa shape index (κ2) is 6.53. The summed E-state index contributed by atoms with van der Waals surface area (Å²) in [7, 11) is 0. The SMILES string of the molecule is C=CC/C(CO)=C(\C=C(/C)C(F)(F)F)CC. The Morgan fingerprint density at radius 3 is 2.25 bits per heavy atom. The van der Waals surface area contributed by atoms with Gasteiger partial charge in [-0.3, -0.25) is 0 Å². The first-order valence-corrected chi connectivity index (χ1v) is 5.04. The number of hydrogen-bond acceptors (Lipinski definition) is 1. The van der Waals surface area contributed by atoms with E-state index in [1.807, 2.05) is 0 Å². The van der Waals surface area contributed by atoms with E-state index in [1.165, 1.54) is 0 Å². The summed E-state index contributed by atoms with van der Waals surface area (Å²) in [5.74, 6) is 0. The van der Waals surface area contributed by atoms with Crippen molar-refractivity contribution in [3.63, 3.8) is 0 Å². The Morgan fingerprint density at radius 2 is 1.94 bits per heavy atom. The minimum atomic E-state index is -4.31. The molecule has 0 atom stereocenters. The van der Waals surface area contributed by atoms with Crippen LogP contribution in [-0.4, -0.2) is 17.9 Å². The first-order valence-electron chi connectivity index (χ1n) is 5.04. The molecular weight excluding hydrogens is 217 g/mol. The monoisotopic (exact) mass is 234 g/mol. The van der Waals surface area contributed by atoms with Crippen LogP contribution in [0.3, 0.4) is 0 Å². The zero-order chi connectivity index (χ0) is 12.8. The molecule has 0 aromatic rings. The third kappa shape index (κ3) is 4.66. The molecule has 0 bridgehead atoms. The Bertz CT molecular complexity index is 298. The smallest absolute Gasteiger partial charge is 0.392 e. The average molecular weight is 234 g/mol. The molecule has 0 aromatic carbocycles. The van der Waals surface area contributed by atoms with Crippen molar-refractivity contribution < 1.29 is 18.3 Å². The largest absolute Gasteiger partial charge is 0.412 e. The third-order valence-electron chi connectivity index (χ3n) is 2.25. The van der Waals surface area contributed by atoms with Gasteiger partial charge in [0.25, 0.3) is 0 Å². The molecule has 0 aliphatic carbocycles. The number of aliphatic hydroxyl groups excluding tert-OH is 1. The quantitative estimate of drug-likeness (QED) is 0.567. The maximum atomic E-state index is 12.3. The normalized spacial score (nSPS) is 14.8. The van der Waals surface area contributed by atoms with Crippen LogP contribution < -0.4 is 0 Å². The highest BCUT2D eigenvalue weighted by atomic mass is 19.4. The van der Waals surface area contributed by atoms with Crippen molar-refractivity contribution in [1.29, 1.82) is 0 Å². The van der Waals surface area contributed by atoms with Crippen LogP contribution in [0, 0.1) is 0 Å². The number of alkyl halides is 3. The molecule has 16 heavy (non-hydrogen) atoms. The summed E-state index contributed by atoms with van der Waals surface area (Å²) in [6, 6.07) is 0. The van der Waals surface area contributed by atoms with Gasteiger partial charge in [0.05, 0.1) is 6.61 Å². The van der Waals surface area contributed by atoms with Gasteiger partial charge in [0.2, 0.25) is 0 Å². The molecule has 1 N–H and O–H groups in total. The van der Waals surface area contributed by atoms with Crippen molar-refractivity contribution >= 4 is 0 Å². The van der Waals surface area contributed by atoms with E-state index in [0.717, 1.165) is 13.0 Å². The highest BCUT2D eigenvalue weighted by molar-refractivity contribution is 5.31. The summed E-state index contributed by atoms with van der Waals surface area (Å²) in [4.78, 5) is 0. The highest BCUT2D eigenvalue weighted by Gasteiger charge is 2.29. The van der Waals surface area contributed by atoms with Crippen LogP contribution in [0.2, 0.25) is 0 Å². The number of rotatable bonds is 5. The molecule has 0 aliphatic heterocycles. The minimum absolute atomic E-state index is 0.239. The zero-order valence-corrected chi connectivity index (χ0v) is 9.56. The van der Waals surface area contributed by atoms with Crippen LogP contribution in [0.5, 0.6) is 0 Å². The van der Waals surface area contributed by atoms with Gasteiger partial charge in [-0.2, -0.15) is 13.2 Å². The molecule has 0 aliphatic rings. The standard InChI is InChI=1S/C12H17F3O/c1-4-6-11(8-16)10(5-2)7-9(3)12(13,14)15/h4,7,16H,1,5-6,8H2,2-3H3/b9-7+,11-10+. The van der Waals surface area contributed by atoms with Crippen molar-refractivity contribution in [3.8, 4) is 0 Å². The van der Waals surface area contributed by atoms with Crippen molar-refractivity contribution in [3.05, 3.63) is 35.5 Å². The third-order valence-corrected chi connectivity index (χ3v) is 2.25. The molecule has 0 saturated carbocycles. The predicted octanol–water partition coefficient (Wildman–Crippen LogP) is 3.77. The van der Waals surface area contributed by atoms with Crippen LogP contribution in [0.1, 0.15) is 26.7 Å². The van der Waals surface area contributed by atoms with Gasteiger partial charge in [-0.25, -0.2) is 0 Å². The van der Waals surface area contributed by atoms with Gasteiger partial charge < -0.3 is 5.11 Å². The predicted molar refractivity (Wildman–Crippen MR) is 59.0 cm³/mol. The maximum Gasteiger partial charge on any atom is 0.412 e. The number of halogens is 3. The van der Waals surface area contributed by atoms with Crippen LogP contribution in [0.15, 0.2) is 35.5 Å². The van der Waals surface area contributed by atoms with Crippen LogP contribution >= 0.6 is 0 Å². The Hall–Kier alpha value is -1.03. The number of allylic oxidation sites excluding steroid dienone is 4. The number of aliphatic hydroxyl groups is 1. The van der Waals surface area contributed by atoms with E-state index >= 15 is 0 Å². The molecular formula is C12H17F3O. The Kier molecular flexibility index (Phi) is 6.11.